The van der Waals surface area contributed by atoms with Gasteiger partial charge in [0.1, 0.15) is 5.82 Å². The molecule has 1 aliphatic rings. The van der Waals surface area contributed by atoms with Crippen LogP contribution in [0.25, 0.3) is 22.3 Å². The van der Waals surface area contributed by atoms with E-state index in [1.54, 1.807) is 0 Å². The molecule has 1 N–H and O–H groups in total. The van der Waals surface area contributed by atoms with Crippen molar-refractivity contribution in [3.63, 3.8) is 0 Å². The molecule has 0 aliphatic carbocycles. The first kappa shape index (κ1) is 18.8. The van der Waals surface area contributed by atoms with Gasteiger partial charge >= 0.3 is 0 Å². The monoisotopic (exact) mass is 426 g/mol. The zero-order valence-corrected chi connectivity index (χ0v) is 18.0. The summed E-state index contributed by atoms with van der Waals surface area (Å²) in [5.74, 6) is 2.04. The van der Waals surface area contributed by atoms with Gasteiger partial charge in [-0.15, -0.1) is 10.2 Å². The van der Waals surface area contributed by atoms with Crippen molar-refractivity contribution in [2.24, 2.45) is 0 Å². The van der Waals surface area contributed by atoms with E-state index in [4.69, 9.17) is 4.74 Å². The highest BCUT2D eigenvalue weighted by atomic mass is 32.2. The number of aromatic nitrogens is 6. The van der Waals surface area contributed by atoms with Gasteiger partial charge < -0.3 is 9.72 Å². The van der Waals surface area contributed by atoms with E-state index < -0.39 is 0 Å². The number of hydrogen-bond donors (Lipinski definition) is 1. The maximum absolute atomic E-state index is 5.91. The van der Waals surface area contributed by atoms with Gasteiger partial charge in [-0.2, -0.15) is 4.37 Å². The SMILES string of the molecule is CC(C)c1nsc(Sc2nnc(-c3c[nH]c4ccccc34)n2CC2CCCO2)n1. The summed E-state index contributed by atoms with van der Waals surface area (Å²) in [4.78, 5) is 7.99. The summed E-state index contributed by atoms with van der Waals surface area (Å²) in [6.07, 6.45) is 4.37. The number of fused-ring (bicyclic) bond motifs is 1. The summed E-state index contributed by atoms with van der Waals surface area (Å²) in [6.45, 7) is 5.77. The Morgan fingerprint density at radius 1 is 1.31 bits per heavy atom. The smallest absolute Gasteiger partial charge is 0.198 e. The van der Waals surface area contributed by atoms with Crippen molar-refractivity contribution < 1.29 is 4.74 Å². The lowest BCUT2D eigenvalue weighted by atomic mass is 10.1. The quantitative estimate of drug-likeness (QED) is 0.480. The van der Waals surface area contributed by atoms with Gasteiger partial charge in [0.05, 0.1) is 12.6 Å². The molecule has 4 aromatic rings. The molecular weight excluding hydrogens is 404 g/mol. The van der Waals surface area contributed by atoms with Crippen LogP contribution in [0.1, 0.15) is 38.4 Å². The van der Waals surface area contributed by atoms with Crippen LogP contribution in [0.15, 0.2) is 40.0 Å². The Morgan fingerprint density at radius 2 is 2.21 bits per heavy atom. The number of benzene rings is 1. The second kappa shape index (κ2) is 7.89. The Morgan fingerprint density at radius 3 is 3.00 bits per heavy atom. The lowest BCUT2D eigenvalue weighted by molar-refractivity contribution is 0.0953. The van der Waals surface area contributed by atoms with Crippen LogP contribution in [0, 0.1) is 0 Å². The van der Waals surface area contributed by atoms with E-state index in [1.165, 1.54) is 23.3 Å². The molecular formula is C20H22N6OS2. The molecule has 1 saturated heterocycles. The standard InChI is InChI=1S/C20H22N6OS2/c1-12(2)17-22-20(29-25-17)28-19-24-23-18(26(19)11-13-6-5-9-27-13)15-10-21-16-8-4-3-7-14(15)16/h3-4,7-8,10,12-13,21H,5-6,9,11H2,1-2H3. The average molecular weight is 427 g/mol. The molecule has 29 heavy (non-hydrogen) atoms. The van der Waals surface area contributed by atoms with Crippen molar-refractivity contribution in [2.45, 2.75) is 54.8 Å². The summed E-state index contributed by atoms with van der Waals surface area (Å²) < 4.78 is 13.4. The summed E-state index contributed by atoms with van der Waals surface area (Å²) in [6, 6.07) is 8.26. The summed E-state index contributed by atoms with van der Waals surface area (Å²) in [5, 5.41) is 11.0. The molecule has 0 saturated carbocycles. The number of H-pyrrole nitrogens is 1. The summed E-state index contributed by atoms with van der Waals surface area (Å²) in [5.41, 5.74) is 2.15. The first-order valence-electron chi connectivity index (χ1n) is 9.82. The number of aromatic amines is 1. The predicted octanol–water partition coefficient (Wildman–Crippen LogP) is 4.73. The maximum Gasteiger partial charge on any atom is 0.198 e. The number of hydrogen-bond acceptors (Lipinski definition) is 7. The minimum absolute atomic E-state index is 0.190. The van der Waals surface area contributed by atoms with E-state index in [9.17, 15) is 0 Å². The highest BCUT2D eigenvalue weighted by molar-refractivity contribution is 8.00. The maximum atomic E-state index is 5.91. The number of nitrogens with one attached hydrogen (secondary N) is 1. The second-order valence-corrected chi connectivity index (χ2v) is 9.44. The zero-order chi connectivity index (χ0) is 19.8. The fourth-order valence-corrected chi connectivity index (χ4v) is 5.24. The van der Waals surface area contributed by atoms with Gasteiger partial charge in [-0.25, -0.2) is 4.98 Å². The lowest BCUT2D eigenvalue weighted by Crippen LogP contribution is -2.16. The molecule has 7 nitrogen and oxygen atoms in total. The fraction of sp³-hybridized carbons (Fsp3) is 0.400. The van der Waals surface area contributed by atoms with Crippen molar-refractivity contribution in [3.8, 4) is 11.4 Å². The van der Waals surface area contributed by atoms with E-state index in [1.807, 2.05) is 18.3 Å². The lowest BCUT2D eigenvalue weighted by Gasteiger charge is -2.14. The van der Waals surface area contributed by atoms with E-state index in [0.29, 0.717) is 5.92 Å². The van der Waals surface area contributed by atoms with E-state index in [-0.39, 0.29) is 6.10 Å². The van der Waals surface area contributed by atoms with Crippen LogP contribution < -0.4 is 0 Å². The van der Waals surface area contributed by atoms with Crippen molar-refractivity contribution in [1.29, 1.82) is 0 Å². The Labute approximate surface area is 177 Å². The van der Waals surface area contributed by atoms with E-state index in [0.717, 1.165) is 63.6 Å². The van der Waals surface area contributed by atoms with Gasteiger partial charge in [-0.1, -0.05) is 32.0 Å². The highest BCUT2D eigenvalue weighted by Crippen LogP contribution is 2.34. The zero-order valence-electron chi connectivity index (χ0n) is 16.3. The molecule has 1 aliphatic heterocycles. The van der Waals surface area contributed by atoms with E-state index in [2.05, 4.69) is 55.1 Å². The Kier molecular flexibility index (Phi) is 5.11. The molecule has 3 aromatic heterocycles. The van der Waals surface area contributed by atoms with Crippen LogP contribution in [0.2, 0.25) is 0 Å². The number of para-hydroxylation sites is 1. The van der Waals surface area contributed by atoms with Crippen molar-refractivity contribution in [2.75, 3.05) is 6.61 Å². The third-order valence-electron chi connectivity index (χ3n) is 5.08. The van der Waals surface area contributed by atoms with Gasteiger partial charge in [0.25, 0.3) is 0 Å². The molecule has 5 rings (SSSR count). The molecule has 1 unspecified atom stereocenters. The molecule has 9 heteroatoms. The van der Waals surface area contributed by atoms with Crippen LogP contribution in [0.3, 0.4) is 0 Å². The number of nitrogens with zero attached hydrogens (tertiary/aromatic N) is 5. The van der Waals surface area contributed by atoms with Gasteiger partial charge in [0.15, 0.2) is 15.3 Å². The first-order chi connectivity index (χ1) is 14.2. The molecule has 1 fully saturated rings. The highest BCUT2D eigenvalue weighted by Gasteiger charge is 2.24. The normalized spacial score (nSPS) is 17.0. The third kappa shape index (κ3) is 3.70. The summed E-state index contributed by atoms with van der Waals surface area (Å²) in [7, 11) is 0. The fourth-order valence-electron chi connectivity index (χ4n) is 3.55. The molecule has 0 spiro atoms. The molecule has 150 valence electrons. The van der Waals surface area contributed by atoms with Crippen molar-refractivity contribution in [1.82, 2.24) is 29.1 Å². The molecule has 0 radical (unpaired) electrons. The molecule has 0 amide bonds. The molecule has 1 aromatic carbocycles. The van der Waals surface area contributed by atoms with Crippen molar-refractivity contribution in [3.05, 3.63) is 36.3 Å². The predicted molar refractivity (Wildman–Crippen MR) is 114 cm³/mol. The van der Waals surface area contributed by atoms with Gasteiger partial charge in [0.2, 0.25) is 0 Å². The molecule has 4 heterocycles. The summed E-state index contributed by atoms with van der Waals surface area (Å²) >= 11 is 2.94. The Balaban J connectivity index is 1.54. The van der Waals surface area contributed by atoms with Crippen LogP contribution >= 0.6 is 23.3 Å². The van der Waals surface area contributed by atoms with Crippen LogP contribution in [-0.4, -0.2) is 41.8 Å². The molecule has 1 atom stereocenters. The largest absolute Gasteiger partial charge is 0.376 e. The number of ether oxygens (including phenoxy) is 1. The topological polar surface area (TPSA) is 81.5 Å². The van der Waals surface area contributed by atoms with Crippen LogP contribution in [0.5, 0.6) is 0 Å². The Bertz CT molecular complexity index is 1130. The van der Waals surface area contributed by atoms with E-state index >= 15 is 0 Å². The number of rotatable bonds is 6. The van der Waals surface area contributed by atoms with Gasteiger partial charge in [-0.05, 0) is 42.2 Å². The second-order valence-electron chi connectivity index (χ2n) is 7.47. The minimum Gasteiger partial charge on any atom is -0.376 e. The van der Waals surface area contributed by atoms with Crippen molar-refractivity contribution >= 4 is 34.2 Å². The average Bonchev–Trinajstić information content (AvgIpc) is 3.50. The minimum atomic E-state index is 0.190. The molecule has 0 bridgehead atoms. The third-order valence-corrected chi connectivity index (χ3v) is 6.83. The first-order valence-corrected chi connectivity index (χ1v) is 11.4. The van der Waals surface area contributed by atoms with Gasteiger partial charge in [0, 0.05) is 35.2 Å². The van der Waals surface area contributed by atoms with Gasteiger partial charge in [-0.3, -0.25) is 4.57 Å². The van der Waals surface area contributed by atoms with Crippen LogP contribution in [-0.2, 0) is 11.3 Å². The van der Waals surface area contributed by atoms with Crippen LogP contribution in [0.4, 0.5) is 0 Å². The Hall–Kier alpha value is -2.23.